The van der Waals surface area contributed by atoms with Gasteiger partial charge in [0.15, 0.2) is 12.2 Å². The second-order valence-corrected chi connectivity index (χ2v) is 2.35. The summed E-state index contributed by atoms with van der Waals surface area (Å²) < 4.78 is 68.8. The molecule has 0 aromatic rings. The van der Waals surface area contributed by atoms with Crippen molar-refractivity contribution in [1.29, 1.82) is 0 Å². The molecule has 0 heterocycles. The van der Waals surface area contributed by atoms with E-state index in [9.17, 15) is 26.3 Å². The summed E-state index contributed by atoms with van der Waals surface area (Å²) in [6, 6.07) is 0. The minimum Gasteiger partial charge on any atom is -0.412 e. The number of alkyl halides is 6. The number of rotatable bonds is 2. The molecule has 0 saturated carbocycles. The Labute approximate surface area is 111 Å². The monoisotopic (exact) mass is 389 g/mol. The van der Waals surface area contributed by atoms with Gasteiger partial charge in [-0.3, -0.25) is 0 Å². The van der Waals surface area contributed by atoms with Crippen LogP contribution in [0.2, 0.25) is 0 Å². The van der Waals surface area contributed by atoms with Gasteiger partial charge in [-0.1, -0.05) is 0 Å². The normalized spacial score (nSPS) is 16.0. The van der Waals surface area contributed by atoms with Gasteiger partial charge in [-0.05, 0) is 0 Å². The number of halogens is 6. The summed E-state index contributed by atoms with van der Waals surface area (Å²) in [7, 11) is 0. The molecule has 15 heavy (non-hydrogen) atoms. The maximum atomic E-state index is 11.5. The predicted octanol–water partition coefficient (Wildman–Crippen LogP) is 0.398. The van der Waals surface area contributed by atoms with E-state index in [4.69, 9.17) is 10.2 Å². The zero-order valence-electron chi connectivity index (χ0n) is 6.86. The first-order valence-corrected chi connectivity index (χ1v) is 3.04. The van der Waals surface area contributed by atoms with Gasteiger partial charge < -0.3 is 15.7 Å². The Morgan fingerprint density at radius 2 is 1.00 bits per heavy atom. The Balaban J connectivity index is -0.000000720. The molecule has 0 aliphatic rings. The van der Waals surface area contributed by atoms with Crippen molar-refractivity contribution in [2.24, 2.45) is 0 Å². The van der Waals surface area contributed by atoms with E-state index in [2.05, 4.69) is 0 Å². The van der Waals surface area contributed by atoms with Crippen LogP contribution in [0.25, 0.3) is 0 Å². The van der Waals surface area contributed by atoms with Crippen LogP contribution in [-0.4, -0.2) is 40.2 Å². The van der Waals surface area contributed by atoms with Crippen molar-refractivity contribution >= 4 is 0 Å². The molecule has 10 heteroatoms. The largest absolute Gasteiger partial charge is 0.414 e. The third-order valence-electron chi connectivity index (χ3n) is 1.20. The van der Waals surface area contributed by atoms with Crippen molar-refractivity contribution in [1.82, 2.24) is 0 Å². The maximum absolute atomic E-state index is 11.5. The molecular formula is C5H8F6O3Tb. The Kier molecular flexibility index (Phi) is 10.0. The number of hydrogen-bond acceptors (Lipinski definition) is 2. The molecule has 0 aromatic heterocycles. The third kappa shape index (κ3) is 8.54. The van der Waals surface area contributed by atoms with E-state index in [1.165, 1.54) is 0 Å². The fraction of sp³-hybridized carbons (Fsp3) is 1.00. The summed E-state index contributed by atoms with van der Waals surface area (Å²) in [5.41, 5.74) is 0. The van der Waals surface area contributed by atoms with E-state index in [1.807, 2.05) is 0 Å². The molecule has 0 aliphatic heterocycles. The van der Waals surface area contributed by atoms with Crippen LogP contribution in [0.4, 0.5) is 26.3 Å². The van der Waals surface area contributed by atoms with E-state index in [0.717, 1.165) is 0 Å². The molecule has 97 valence electrons. The SMILES string of the molecule is O.OC(CC(O)C(F)(F)F)C(F)(F)F.[Tb]. The quantitative estimate of drug-likeness (QED) is 0.672. The van der Waals surface area contributed by atoms with Crippen LogP contribution in [0.3, 0.4) is 0 Å². The van der Waals surface area contributed by atoms with Gasteiger partial charge in [0.1, 0.15) is 0 Å². The van der Waals surface area contributed by atoms with E-state index in [0.29, 0.717) is 0 Å². The zero-order chi connectivity index (χ0) is 10.9. The molecule has 4 N–H and O–H groups in total. The predicted molar refractivity (Wildman–Crippen MR) is 32.4 cm³/mol. The summed E-state index contributed by atoms with van der Waals surface area (Å²) in [6.07, 6.45) is -18.4. The molecule has 2 unspecified atom stereocenters. The summed E-state index contributed by atoms with van der Waals surface area (Å²) in [6.45, 7) is 0. The van der Waals surface area contributed by atoms with Crippen molar-refractivity contribution in [3.8, 4) is 0 Å². The Bertz CT molecular complexity index is 151. The molecule has 0 aromatic carbocycles. The van der Waals surface area contributed by atoms with Gasteiger partial charge in [-0.15, -0.1) is 0 Å². The first kappa shape index (κ1) is 21.1. The number of hydrogen-bond donors (Lipinski definition) is 2. The molecule has 0 rings (SSSR count). The zero-order valence-corrected chi connectivity index (χ0v) is 9.00. The second kappa shape index (κ2) is 7.15. The van der Waals surface area contributed by atoms with Crippen LogP contribution < -0.4 is 0 Å². The van der Waals surface area contributed by atoms with Crippen molar-refractivity contribution in [3.63, 3.8) is 0 Å². The summed E-state index contributed by atoms with van der Waals surface area (Å²) in [4.78, 5) is 0. The van der Waals surface area contributed by atoms with Gasteiger partial charge in [-0.25, -0.2) is 0 Å². The van der Waals surface area contributed by atoms with Crippen LogP contribution in [0.15, 0.2) is 0 Å². The van der Waals surface area contributed by atoms with Crippen molar-refractivity contribution < 1.29 is 80.6 Å². The molecule has 0 bridgehead atoms. The van der Waals surface area contributed by atoms with E-state index < -0.39 is 31.0 Å². The standard InChI is InChI=1S/C5H6F6O2.H2O.Tb/c6-4(7,8)2(12)1-3(13)5(9,10)11;;/h2-3,12-13H,1H2;1H2;. The fourth-order valence-corrected chi connectivity index (χ4v) is 0.479. The molecule has 0 spiro atoms. The molecular weight excluding hydrogens is 381 g/mol. The maximum Gasteiger partial charge on any atom is 0.414 e. The van der Waals surface area contributed by atoms with Gasteiger partial charge in [-0.2, -0.15) is 26.3 Å². The van der Waals surface area contributed by atoms with E-state index >= 15 is 0 Å². The van der Waals surface area contributed by atoms with Crippen LogP contribution >= 0.6 is 0 Å². The van der Waals surface area contributed by atoms with Crippen molar-refractivity contribution in [2.75, 3.05) is 0 Å². The van der Waals surface area contributed by atoms with Crippen molar-refractivity contribution in [3.05, 3.63) is 0 Å². The Hall–Kier alpha value is 0.746. The molecule has 3 nitrogen and oxygen atoms in total. The van der Waals surface area contributed by atoms with Crippen LogP contribution in [0.1, 0.15) is 6.42 Å². The van der Waals surface area contributed by atoms with E-state index in [1.54, 1.807) is 0 Å². The van der Waals surface area contributed by atoms with Gasteiger partial charge in [0.25, 0.3) is 0 Å². The second-order valence-electron chi connectivity index (χ2n) is 2.35. The molecule has 2 atom stereocenters. The first-order valence-electron chi connectivity index (χ1n) is 3.04. The molecule has 0 amide bonds. The average Bonchev–Trinajstić information content (AvgIpc) is 1.82. The van der Waals surface area contributed by atoms with Crippen molar-refractivity contribution in [2.45, 2.75) is 31.0 Å². The molecule has 0 saturated heterocycles. The van der Waals surface area contributed by atoms with Gasteiger partial charge in [0.05, 0.1) is 0 Å². The first-order chi connectivity index (χ1) is 5.55. The molecule has 0 fully saturated rings. The molecule has 1 radical (unpaired) electrons. The average molecular weight is 389 g/mol. The van der Waals surface area contributed by atoms with Gasteiger partial charge in [0, 0.05) is 45.0 Å². The Morgan fingerprint density at radius 3 is 1.13 bits per heavy atom. The van der Waals surface area contributed by atoms with E-state index in [-0.39, 0.29) is 44.1 Å². The number of aliphatic hydroxyl groups excluding tert-OH is 2. The Morgan fingerprint density at radius 1 is 0.800 bits per heavy atom. The van der Waals surface area contributed by atoms with Crippen LogP contribution in [-0.2, 0) is 0 Å². The fourth-order valence-electron chi connectivity index (χ4n) is 0.479. The van der Waals surface area contributed by atoms with Crippen LogP contribution in [0, 0.1) is 38.6 Å². The summed E-state index contributed by atoms with van der Waals surface area (Å²) in [5, 5.41) is 16.3. The minimum atomic E-state index is -5.15. The summed E-state index contributed by atoms with van der Waals surface area (Å²) in [5.74, 6) is 0. The summed E-state index contributed by atoms with van der Waals surface area (Å²) >= 11 is 0. The molecule has 0 aliphatic carbocycles. The number of aliphatic hydroxyl groups is 2. The topological polar surface area (TPSA) is 72.0 Å². The van der Waals surface area contributed by atoms with Crippen LogP contribution in [0.5, 0.6) is 0 Å². The van der Waals surface area contributed by atoms with Gasteiger partial charge >= 0.3 is 12.4 Å². The third-order valence-corrected chi connectivity index (χ3v) is 1.20. The van der Waals surface area contributed by atoms with Gasteiger partial charge in [0.2, 0.25) is 0 Å². The minimum absolute atomic E-state index is 0. The smallest absolute Gasteiger partial charge is 0.412 e.